The molecule has 0 spiro atoms. The molecule has 1 N–H and O–H groups in total. The van der Waals surface area contributed by atoms with Crippen LogP contribution in [-0.2, 0) is 14.3 Å². The molecule has 0 bridgehead atoms. The van der Waals surface area contributed by atoms with E-state index in [1.165, 1.54) is 0 Å². The summed E-state index contributed by atoms with van der Waals surface area (Å²) in [5.41, 5.74) is 0.806. The first-order valence-corrected chi connectivity index (χ1v) is 8.66. The van der Waals surface area contributed by atoms with Gasteiger partial charge in [0, 0.05) is 25.3 Å². The quantitative estimate of drug-likeness (QED) is 0.900. The Kier molecular flexibility index (Phi) is 5.82. The summed E-state index contributed by atoms with van der Waals surface area (Å²) in [5.74, 6) is 0.188. The molecular weight excluding hydrogens is 306 g/mol. The van der Waals surface area contributed by atoms with E-state index in [0.717, 1.165) is 25.1 Å². The van der Waals surface area contributed by atoms with Crippen LogP contribution in [0.1, 0.15) is 12.8 Å². The van der Waals surface area contributed by atoms with E-state index in [9.17, 15) is 9.59 Å². The summed E-state index contributed by atoms with van der Waals surface area (Å²) >= 11 is 0. The summed E-state index contributed by atoms with van der Waals surface area (Å²) in [5, 5.41) is 2.90. The van der Waals surface area contributed by atoms with Gasteiger partial charge < -0.3 is 15.0 Å². The van der Waals surface area contributed by atoms with Crippen molar-refractivity contribution in [1.82, 2.24) is 9.80 Å². The van der Waals surface area contributed by atoms with Crippen LogP contribution in [0.3, 0.4) is 0 Å². The molecule has 1 aromatic rings. The Bertz CT molecular complexity index is 558. The second-order valence-electron chi connectivity index (χ2n) is 6.43. The molecule has 1 unspecified atom stereocenters. The molecule has 2 aliphatic rings. The van der Waals surface area contributed by atoms with Crippen molar-refractivity contribution < 1.29 is 14.3 Å². The van der Waals surface area contributed by atoms with Crippen molar-refractivity contribution >= 4 is 17.5 Å². The minimum atomic E-state index is -0.0272. The van der Waals surface area contributed by atoms with Crippen LogP contribution in [0.2, 0.25) is 0 Å². The predicted octanol–water partition coefficient (Wildman–Crippen LogP) is 1.20. The van der Waals surface area contributed by atoms with Crippen LogP contribution >= 0.6 is 0 Å². The Balaban J connectivity index is 1.49. The van der Waals surface area contributed by atoms with Crippen molar-refractivity contribution in [3.63, 3.8) is 0 Å². The second kappa shape index (κ2) is 8.26. The third kappa shape index (κ3) is 4.55. The molecule has 24 heavy (non-hydrogen) atoms. The number of morpholine rings is 1. The summed E-state index contributed by atoms with van der Waals surface area (Å²) in [6.07, 6.45) is 1.87. The zero-order valence-electron chi connectivity index (χ0n) is 13.9. The number of anilines is 1. The number of amides is 2. The van der Waals surface area contributed by atoms with Crippen molar-refractivity contribution in [2.24, 2.45) is 5.92 Å². The van der Waals surface area contributed by atoms with E-state index in [4.69, 9.17) is 4.74 Å². The Labute approximate surface area is 142 Å². The zero-order chi connectivity index (χ0) is 16.8. The van der Waals surface area contributed by atoms with E-state index in [0.29, 0.717) is 39.4 Å². The Morgan fingerprint density at radius 2 is 1.88 bits per heavy atom. The third-order valence-electron chi connectivity index (χ3n) is 4.60. The van der Waals surface area contributed by atoms with Gasteiger partial charge in [0.15, 0.2) is 0 Å². The van der Waals surface area contributed by atoms with Gasteiger partial charge in [0.05, 0.1) is 25.7 Å². The Morgan fingerprint density at radius 3 is 2.62 bits per heavy atom. The minimum Gasteiger partial charge on any atom is -0.378 e. The molecule has 0 aliphatic carbocycles. The molecule has 2 saturated heterocycles. The molecule has 0 radical (unpaired) electrons. The monoisotopic (exact) mass is 331 g/mol. The number of benzene rings is 1. The second-order valence-corrected chi connectivity index (χ2v) is 6.43. The van der Waals surface area contributed by atoms with Crippen LogP contribution in [0.5, 0.6) is 0 Å². The van der Waals surface area contributed by atoms with E-state index >= 15 is 0 Å². The van der Waals surface area contributed by atoms with Crippen LogP contribution in [0.25, 0.3) is 0 Å². The number of ether oxygens (including phenoxy) is 1. The largest absolute Gasteiger partial charge is 0.378 e. The number of nitrogens with one attached hydrogen (secondary N) is 1. The summed E-state index contributed by atoms with van der Waals surface area (Å²) in [6.45, 7) is 4.49. The zero-order valence-corrected chi connectivity index (χ0v) is 13.9. The highest BCUT2D eigenvalue weighted by atomic mass is 16.5. The normalized spacial score (nSPS) is 22.2. The van der Waals surface area contributed by atoms with Crippen molar-refractivity contribution in [1.29, 1.82) is 0 Å². The third-order valence-corrected chi connectivity index (χ3v) is 4.60. The molecule has 2 amide bonds. The first kappa shape index (κ1) is 16.9. The smallest absolute Gasteiger partial charge is 0.238 e. The number of likely N-dealkylation sites (tertiary alicyclic amines) is 1. The van der Waals surface area contributed by atoms with Gasteiger partial charge in [0.1, 0.15) is 0 Å². The molecule has 1 atom stereocenters. The van der Waals surface area contributed by atoms with E-state index in [2.05, 4.69) is 10.2 Å². The van der Waals surface area contributed by atoms with Crippen LogP contribution in [-0.4, -0.2) is 67.6 Å². The topological polar surface area (TPSA) is 61.9 Å². The lowest BCUT2D eigenvalue weighted by Gasteiger charge is -2.35. The molecule has 2 heterocycles. The fraction of sp³-hybridized carbons (Fsp3) is 0.556. The maximum absolute atomic E-state index is 12.6. The highest BCUT2D eigenvalue weighted by Gasteiger charge is 2.30. The Morgan fingerprint density at radius 1 is 1.12 bits per heavy atom. The van der Waals surface area contributed by atoms with Crippen molar-refractivity contribution in [2.45, 2.75) is 12.8 Å². The number of hydrogen-bond donors (Lipinski definition) is 1. The number of piperidine rings is 1. The predicted molar refractivity (Wildman–Crippen MR) is 91.6 cm³/mol. The Hall–Kier alpha value is -1.92. The maximum Gasteiger partial charge on any atom is 0.238 e. The molecule has 0 saturated carbocycles. The number of rotatable bonds is 4. The van der Waals surface area contributed by atoms with Gasteiger partial charge in [0.2, 0.25) is 11.8 Å². The van der Waals surface area contributed by atoms with E-state index in [-0.39, 0.29) is 17.7 Å². The van der Waals surface area contributed by atoms with Crippen LogP contribution in [0, 0.1) is 5.92 Å². The van der Waals surface area contributed by atoms with Gasteiger partial charge in [-0.2, -0.15) is 0 Å². The average Bonchev–Trinajstić information content (AvgIpc) is 2.63. The number of para-hydroxylation sites is 1. The summed E-state index contributed by atoms with van der Waals surface area (Å²) < 4.78 is 5.31. The standard InChI is InChI=1S/C18H25N3O3/c22-17(19-16-6-2-1-3-7-16)14-20-8-4-5-15(13-20)18(23)21-9-11-24-12-10-21/h1-3,6-7,15H,4-5,8-14H2,(H,19,22). The van der Waals surface area contributed by atoms with Crippen molar-refractivity contribution in [2.75, 3.05) is 51.3 Å². The van der Waals surface area contributed by atoms with Crippen LogP contribution in [0.4, 0.5) is 5.69 Å². The lowest BCUT2D eigenvalue weighted by atomic mass is 9.96. The fourth-order valence-electron chi connectivity index (χ4n) is 3.37. The van der Waals surface area contributed by atoms with E-state index in [1.54, 1.807) is 0 Å². The maximum atomic E-state index is 12.6. The van der Waals surface area contributed by atoms with Gasteiger partial charge in [-0.3, -0.25) is 14.5 Å². The summed E-state index contributed by atoms with van der Waals surface area (Å²) in [6, 6.07) is 9.46. The lowest BCUT2D eigenvalue weighted by molar-refractivity contribution is -0.141. The first-order chi connectivity index (χ1) is 11.7. The highest BCUT2D eigenvalue weighted by Crippen LogP contribution is 2.19. The van der Waals surface area contributed by atoms with E-state index < -0.39 is 0 Å². The molecule has 130 valence electrons. The molecule has 0 aromatic heterocycles. The van der Waals surface area contributed by atoms with Gasteiger partial charge in [-0.05, 0) is 31.5 Å². The number of carbonyl (C=O) groups excluding carboxylic acids is 2. The van der Waals surface area contributed by atoms with Crippen molar-refractivity contribution in [3.8, 4) is 0 Å². The van der Waals surface area contributed by atoms with Crippen LogP contribution < -0.4 is 5.32 Å². The SMILES string of the molecule is O=C(CN1CCCC(C(=O)N2CCOCC2)C1)Nc1ccccc1. The van der Waals surface area contributed by atoms with Crippen molar-refractivity contribution in [3.05, 3.63) is 30.3 Å². The number of hydrogen-bond acceptors (Lipinski definition) is 4. The van der Waals surface area contributed by atoms with Gasteiger partial charge in [-0.25, -0.2) is 0 Å². The molecule has 1 aromatic carbocycles. The molecule has 2 fully saturated rings. The van der Waals surface area contributed by atoms with E-state index in [1.807, 2.05) is 35.2 Å². The van der Waals surface area contributed by atoms with Crippen LogP contribution in [0.15, 0.2) is 30.3 Å². The van der Waals surface area contributed by atoms with Gasteiger partial charge in [0.25, 0.3) is 0 Å². The minimum absolute atomic E-state index is 0.00127. The van der Waals surface area contributed by atoms with Gasteiger partial charge >= 0.3 is 0 Å². The molecule has 3 rings (SSSR count). The number of nitrogens with zero attached hydrogens (tertiary/aromatic N) is 2. The first-order valence-electron chi connectivity index (χ1n) is 8.66. The molecule has 6 heteroatoms. The lowest BCUT2D eigenvalue weighted by Crippen LogP contribution is -2.49. The molecular formula is C18H25N3O3. The highest BCUT2D eigenvalue weighted by molar-refractivity contribution is 5.92. The molecule has 6 nitrogen and oxygen atoms in total. The molecule has 2 aliphatic heterocycles. The fourth-order valence-corrected chi connectivity index (χ4v) is 3.37. The summed E-state index contributed by atoms with van der Waals surface area (Å²) in [4.78, 5) is 28.8. The average molecular weight is 331 g/mol. The van der Waals surface area contributed by atoms with Gasteiger partial charge in [-0.15, -0.1) is 0 Å². The van der Waals surface area contributed by atoms with Gasteiger partial charge in [-0.1, -0.05) is 18.2 Å². The number of carbonyl (C=O) groups is 2. The summed E-state index contributed by atoms with van der Waals surface area (Å²) in [7, 11) is 0.